The summed E-state index contributed by atoms with van der Waals surface area (Å²) in [6.45, 7) is 0. The van der Waals surface area contributed by atoms with Gasteiger partial charge in [-0.05, 0) is 36.1 Å². The number of hydrogen-bond donors (Lipinski definition) is 1. The summed E-state index contributed by atoms with van der Waals surface area (Å²) in [4.78, 5) is 12.1. The number of aromatic nitrogens is 2. The van der Waals surface area contributed by atoms with Gasteiger partial charge in [-0.2, -0.15) is 0 Å². The molecule has 0 fully saturated rings. The minimum atomic E-state index is -0.0747. The molecule has 1 aromatic heterocycles. The van der Waals surface area contributed by atoms with E-state index in [4.69, 9.17) is 0 Å². The summed E-state index contributed by atoms with van der Waals surface area (Å²) in [5.41, 5.74) is 2.29. The summed E-state index contributed by atoms with van der Waals surface area (Å²) < 4.78 is 1.00. The van der Waals surface area contributed by atoms with Gasteiger partial charge >= 0.3 is 0 Å². The van der Waals surface area contributed by atoms with Crippen molar-refractivity contribution in [2.75, 3.05) is 5.32 Å². The average Bonchev–Trinajstić information content (AvgIpc) is 3.05. The lowest BCUT2D eigenvalue weighted by Gasteiger charge is -2.01. The molecular formula is C19H18BrN3OS. The molecule has 0 atom stereocenters. The Bertz CT molecular complexity index is 818. The first-order chi connectivity index (χ1) is 12.2. The molecule has 0 radical (unpaired) electrons. The summed E-state index contributed by atoms with van der Waals surface area (Å²) in [5.74, 6) is -0.0747. The highest BCUT2D eigenvalue weighted by Crippen LogP contribution is 2.18. The highest BCUT2D eigenvalue weighted by Gasteiger charge is 2.09. The van der Waals surface area contributed by atoms with Crippen molar-refractivity contribution < 1.29 is 4.79 Å². The Morgan fingerprint density at radius 1 is 0.960 bits per heavy atom. The number of rotatable bonds is 7. The minimum absolute atomic E-state index is 0.0747. The van der Waals surface area contributed by atoms with Crippen molar-refractivity contribution in [1.29, 1.82) is 0 Å². The summed E-state index contributed by atoms with van der Waals surface area (Å²) in [6.07, 6.45) is 3.24. The van der Waals surface area contributed by atoms with E-state index in [1.807, 2.05) is 30.3 Å². The van der Waals surface area contributed by atoms with Gasteiger partial charge < -0.3 is 5.32 Å². The molecule has 1 heterocycles. The van der Waals surface area contributed by atoms with Crippen LogP contribution in [0.4, 0.5) is 5.13 Å². The van der Waals surface area contributed by atoms with E-state index in [1.165, 1.54) is 16.9 Å². The van der Waals surface area contributed by atoms with Gasteiger partial charge in [-0.1, -0.05) is 69.7 Å². The highest BCUT2D eigenvalue weighted by atomic mass is 79.9. The molecule has 0 unspecified atom stereocenters. The molecule has 128 valence electrons. The molecule has 0 spiro atoms. The third-order valence-electron chi connectivity index (χ3n) is 3.69. The van der Waals surface area contributed by atoms with Crippen LogP contribution in [0.2, 0.25) is 0 Å². The maximum Gasteiger partial charge on any atom is 0.230 e. The molecule has 6 heteroatoms. The van der Waals surface area contributed by atoms with E-state index in [0.717, 1.165) is 34.3 Å². The van der Waals surface area contributed by atoms with E-state index < -0.39 is 0 Å². The largest absolute Gasteiger partial charge is 0.300 e. The molecule has 4 nitrogen and oxygen atoms in total. The fourth-order valence-electron chi connectivity index (χ4n) is 2.44. The number of anilines is 1. The molecule has 0 saturated carbocycles. The second-order valence-electron chi connectivity index (χ2n) is 5.69. The first-order valence-corrected chi connectivity index (χ1v) is 9.70. The SMILES string of the molecule is O=C(Cc1ccc(Br)cc1)Nc1nnc(CCCc2ccccc2)s1. The van der Waals surface area contributed by atoms with Gasteiger partial charge in [-0.3, -0.25) is 4.79 Å². The van der Waals surface area contributed by atoms with E-state index in [1.54, 1.807) is 0 Å². The van der Waals surface area contributed by atoms with Crippen LogP contribution in [0.25, 0.3) is 0 Å². The zero-order chi connectivity index (χ0) is 17.5. The van der Waals surface area contributed by atoms with E-state index in [2.05, 4.69) is 55.7 Å². The van der Waals surface area contributed by atoms with Crippen LogP contribution in [0.3, 0.4) is 0 Å². The Kier molecular flexibility index (Phi) is 6.30. The van der Waals surface area contributed by atoms with Gasteiger partial charge in [-0.25, -0.2) is 0 Å². The molecule has 25 heavy (non-hydrogen) atoms. The van der Waals surface area contributed by atoms with Crippen molar-refractivity contribution >= 4 is 38.3 Å². The van der Waals surface area contributed by atoms with Crippen LogP contribution in [0.1, 0.15) is 22.6 Å². The Morgan fingerprint density at radius 3 is 2.48 bits per heavy atom. The number of nitrogens with zero attached hydrogens (tertiary/aromatic N) is 2. The van der Waals surface area contributed by atoms with Crippen LogP contribution in [-0.2, 0) is 24.1 Å². The molecule has 3 aromatic rings. The quantitative estimate of drug-likeness (QED) is 0.610. The number of halogens is 1. The number of carbonyl (C=O) groups is 1. The Balaban J connectivity index is 1.46. The zero-order valence-corrected chi connectivity index (χ0v) is 16.0. The van der Waals surface area contributed by atoms with Gasteiger partial charge in [0.2, 0.25) is 11.0 Å². The van der Waals surface area contributed by atoms with E-state index in [9.17, 15) is 4.79 Å². The molecule has 0 aliphatic rings. The third-order valence-corrected chi connectivity index (χ3v) is 5.12. The van der Waals surface area contributed by atoms with Crippen LogP contribution in [0.5, 0.6) is 0 Å². The monoisotopic (exact) mass is 415 g/mol. The lowest BCUT2D eigenvalue weighted by atomic mass is 10.1. The fraction of sp³-hybridized carbons (Fsp3) is 0.211. The molecule has 0 saturated heterocycles. The maximum atomic E-state index is 12.1. The van der Waals surface area contributed by atoms with Crippen LogP contribution >= 0.6 is 27.3 Å². The summed E-state index contributed by atoms with van der Waals surface area (Å²) in [7, 11) is 0. The molecule has 0 bridgehead atoms. The number of carbonyl (C=O) groups excluding carboxylic acids is 1. The normalized spacial score (nSPS) is 10.6. The van der Waals surface area contributed by atoms with Gasteiger partial charge in [-0.15, -0.1) is 10.2 Å². The predicted molar refractivity (Wildman–Crippen MR) is 105 cm³/mol. The molecule has 0 aliphatic carbocycles. The van der Waals surface area contributed by atoms with Crippen molar-refractivity contribution in [2.24, 2.45) is 0 Å². The molecule has 3 rings (SSSR count). The number of aryl methyl sites for hydroxylation is 2. The van der Waals surface area contributed by atoms with Gasteiger partial charge in [0.15, 0.2) is 0 Å². The standard InChI is InChI=1S/C19H18BrN3OS/c20-16-11-9-15(10-12-16)13-17(24)21-19-23-22-18(25-19)8-4-7-14-5-2-1-3-6-14/h1-3,5-6,9-12H,4,7-8,13H2,(H,21,23,24). The van der Waals surface area contributed by atoms with Crippen molar-refractivity contribution in [1.82, 2.24) is 10.2 Å². The first-order valence-electron chi connectivity index (χ1n) is 8.09. The topological polar surface area (TPSA) is 54.9 Å². The second kappa shape index (κ2) is 8.87. The Hall–Kier alpha value is -2.05. The minimum Gasteiger partial charge on any atom is -0.300 e. The molecular weight excluding hydrogens is 398 g/mol. The average molecular weight is 416 g/mol. The van der Waals surface area contributed by atoms with E-state index in [0.29, 0.717) is 11.6 Å². The van der Waals surface area contributed by atoms with Crippen molar-refractivity contribution in [2.45, 2.75) is 25.7 Å². The highest BCUT2D eigenvalue weighted by molar-refractivity contribution is 9.10. The summed E-state index contributed by atoms with van der Waals surface area (Å²) in [6, 6.07) is 18.1. The predicted octanol–water partition coefficient (Wildman–Crippen LogP) is 4.66. The second-order valence-corrected chi connectivity index (χ2v) is 7.67. The van der Waals surface area contributed by atoms with Crippen LogP contribution in [-0.4, -0.2) is 16.1 Å². The number of amides is 1. The van der Waals surface area contributed by atoms with Gasteiger partial charge in [0.05, 0.1) is 6.42 Å². The Morgan fingerprint density at radius 2 is 1.72 bits per heavy atom. The zero-order valence-electron chi connectivity index (χ0n) is 13.6. The lowest BCUT2D eigenvalue weighted by molar-refractivity contribution is -0.115. The lowest BCUT2D eigenvalue weighted by Crippen LogP contribution is -2.14. The van der Waals surface area contributed by atoms with Crippen molar-refractivity contribution in [3.05, 3.63) is 75.2 Å². The molecule has 1 amide bonds. The smallest absolute Gasteiger partial charge is 0.230 e. The van der Waals surface area contributed by atoms with Crippen LogP contribution < -0.4 is 5.32 Å². The van der Waals surface area contributed by atoms with E-state index in [-0.39, 0.29) is 5.91 Å². The van der Waals surface area contributed by atoms with Crippen LogP contribution in [0, 0.1) is 0 Å². The third kappa shape index (κ3) is 5.76. The number of hydrogen-bond acceptors (Lipinski definition) is 4. The van der Waals surface area contributed by atoms with Crippen LogP contribution in [0.15, 0.2) is 59.1 Å². The Labute approximate surface area is 159 Å². The van der Waals surface area contributed by atoms with Gasteiger partial charge in [0, 0.05) is 10.9 Å². The number of benzene rings is 2. The van der Waals surface area contributed by atoms with E-state index >= 15 is 0 Å². The molecule has 1 N–H and O–H groups in total. The summed E-state index contributed by atoms with van der Waals surface area (Å²) in [5, 5.41) is 12.6. The summed E-state index contributed by atoms with van der Waals surface area (Å²) >= 11 is 4.83. The van der Waals surface area contributed by atoms with Gasteiger partial charge in [0.1, 0.15) is 5.01 Å². The first kappa shape index (κ1) is 17.8. The fourth-order valence-corrected chi connectivity index (χ4v) is 3.51. The number of nitrogens with one attached hydrogen (secondary N) is 1. The molecule has 2 aromatic carbocycles. The van der Waals surface area contributed by atoms with Crippen molar-refractivity contribution in [3.63, 3.8) is 0 Å². The maximum absolute atomic E-state index is 12.1. The molecule has 0 aliphatic heterocycles. The van der Waals surface area contributed by atoms with Gasteiger partial charge in [0.25, 0.3) is 0 Å². The van der Waals surface area contributed by atoms with Crippen molar-refractivity contribution in [3.8, 4) is 0 Å².